The number of carbonyl (C=O) groups excluding carboxylic acids is 2. The van der Waals surface area contributed by atoms with E-state index < -0.39 is 24.5 Å². The summed E-state index contributed by atoms with van der Waals surface area (Å²) in [5, 5.41) is 11.0. The minimum atomic E-state index is -1.00. The number of aryl methyl sites for hydroxylation is 1. The highest BCUT2D eigenvalue weighted by Crippen LogP contribution is 2.43. The largest absolute Gasteiger partial charge is 0.457 e. The lowest BCUT2D eigenvalue weighted by Crippen LogP contribution is -2.34. The molecule has 3 aromatic rings. The maximum absolute atomic E-state index is 11.6. The molecule has 0 amide bonds. The Balaban J connectivity index is 1.49. The van der Waals surface area contributed by atoms with Crippen molar-refractivity contribution in [2.75, 3.05) is 36.8 Å². The van der Waals surface area contributed by atoms with Gasteiger partial charge in [-0.1, -0.05) is 32.3 Å². The van der Waals surface area contributed by atoms with Crippen molar-refractivity contribution in [3.8, 4) is 0 Å². The van der Waals surface area contributed by atoms with Gasteiger partial charge in [-0.25, -0.2) is 4.98 Å². The summed E-state index contributed by atoms with van der Waals surface area (Å²) in [6.07, 6.45) is 3.99. The summed E-state index contributed by atoms with van der Waals surface area (Å²) in [6, 6.07) is 1.93. The first-order valence-corrected chi connectivity index (χ1v) is 14.9. The zero-order valence-electron chi connectivity index (χ0n) is 24.4. The lowest BCUT2D eigenvalue weighted by molar-refractivity contribution is -0.151. The molecule has 14 nitrogen and oxygen atoms in total. The summed E-state index contributed by atoms with van der Waals surface area (Å²) in [5.74, 6) is 1.69. The Morgan fingerprint density at radius 3 is 2.52 bits per heavy atom. The summed E-state index contributed by atoms with van der Waals surface area (Å²) in [6.45, 7) is 10.6. The summed E-state index contributed by atoms with van der Waals surface area (Å²) in [4.78, 5) is 39.8. The van der Waals surface area contributed by atoms with Crippen molar-refractivity contribution in [2.24, 2.45) is 0 Å². The third kappa shape index (κ3) is 6.33. The highest BCUT2D eigenvalue weighted by atomic mass is 16.6. The number of imidazole rings is 1. The van der Waals surface area contributed by atoms with Crippen LogP contribution in [0.5, 0.6) is 0 Å². The van der Waals surface area contributed by atoms with Crippen LogP contribution in [-0.2, 0) is 30.2 Å². The van der Waals surface area contributed by atoms with Crippen molar-refractivity contribution < 1.29 is 28.3 Å². The number of nitrogens with one attached hydrogen (secondary N) is 2. The molecule has 3 aromatic heterocycles. The number of hydrogen-bond acceptors (Lipinski definition) is 13. The van der Waals surface area contributed by atoms with E-state index in [2.05, 4.69) is 39.5 Å². The standard InChI is InChI=1S/C28H40N8O6/c1-4-18(5-2)31-25-21-26(33-28(32-25)29-10-13-35-11-8-7-9-12-35)36(15-30-21)27-24(40-17-38)23(39-16-37)22(41-27)20-14-19(6-3)42-34-20/h14-18,22-24,27H,4-13H2,1-3H3,(H2,29,31,32,33)/t22-,23+,24-,27-/m1/s1. The Hall–Kier alpha value is -3.78. The first-order chi connectivity index (χ1) is 20.6. The van der Waals surface area contributed by atoms with Gasteiger partial charge < -0.3 is 34.3 Å². The van der Waals surface area contributed by atoms with Crippen molar-refractivity contribution in [1.82, 2.24) is 29.6 Å². The molecule has 0 aliphatic carbocycles. The van der Waals surface area contributed by atoms with Crippen LogP contribution in [0, 0.1) is 0 Å². The van der Waals surface area contributed by atoms with Gasteiger partial charge in [0.25, 0.3) is 12.9 Å². The van der Waals surface area contributed by atoms with Gasteiger partial charge in [0.15, 0.2) is 35.4 Å². The third-order valence-electron chi connectivity index (χ3n) is 8.01. The van der Waals surface area contributed by atoms with E-state index in [1.54, 1.807) is 17.0 Å². The van der Waals surface area contributed by atoms with Crippen molar-refractivity contribution in [3.63, 3.8) is 0 Å². The van der Waals surface area contributed by atoms with Crippen molar-refractivity contribution in [3.05, 3.63) is 23.8 Å². The molecule has 2 saturated heterocycles. The van der Waals surface area contributed by atoms with Crippen LogP contribution in [0.1, 0.15) is 76.7 Å². The van der Waals surface area contributed by atoms with E-state index in [9.17, 15) is 9.59 Å². The van der Waals surface area contributed by atoms with Gasteiger partial charge in [-0.3, -0.25) is 14.2 Å². The molecule has 0 spiro atoms. The number of fused-ring (bicyclic) bond motifs is 1. The minimum absolute atomic E-state index is 0.193. The fourth-order valence-electron chi connectivity index (χ4n) is 5.63. The van der Waals surface area contributed by atoms with E-state index in [4.69, 9.17) is 28.7 Å². The van der Waals surface area contributed by atoms with E-state index in [0.29, 0.717) is 60.3 Å². The van der Waals surface area contributed by atoms with Crippen LogP contribution in [0.4, 0.5) is 11.8 Å². The Labute approximate surface area is 244 Å². The molecule has 228 valence electrons. The van der Waals surface area contributed by atoms with Crippen LogP contribution in [0.15, 0.2) is 16.9 Å². The second kappa shape index (κ2) is 13.9. The molecule has 0 unspecified atom stereocenters. The zero-order chi connectivity index (χ0) is 29.5. The number of nitrogens with zero attached hydrogens (tertiary/aromatic N) is 6. The molecular formula is C28H40N8O6. The number of rotatable bonds is 15. The van der Waals surface area contributed by atoms with E-state index >= 15 is 0 Å². The van der Waals surface area contributed by atoms with Crippen LogP contribution in [0.3, 0.4) is 0 Å². The molecule has 2 aliphatic heterocycles. The number of likely N-dealkylation sites (tertiary alicyclic amines) is 1. The van der Waals surface area contributed by atoms with Gasteiger partial charge in [0.1, 0.15) is 17.6 Å². The van der Waals surface area contributed by atoms with E-state index in [-0.39, 0.29) is 6.04 Å². The summed E-state index contributed by atoms with van der Waals surface area (Å²) in [7, 11) is 0. The quantitative estimate of drug-likeness (QED) is 0.251. The predicted octanol–water partition coefficient (Wildman–Crippen LogP) is 3.23. The van der Waals surface area contributed by atoms with Gasteiger partial charge in [-0.2, -0.15) is 9.97 Å². The van der Waals surface area contributed by atoms with Gasteiger partial charge in [0.2, 0.25) is 5.95 Å². The maximum Gasteiger partial charge on any atom is 0.293 e. The Bertz CT molecular complexity index is 1320. The first kappa shape index (κ1) is 29.7. The van der Waals surface area contributed by atoms with E-state index in [0.717, 1.165) is 32.5 Å². The molecule has 0 bridgehead atoms. The molecule has 5 rings (SSSR count). The second-order valence-electron chi connectivity index (χ2n) is 10.6. The number of hydrogen-bond donors (Lipinski definition) is 2. The molecule has 2 fully saturated rings. The second-order valence-corrected chi connectivity index (χ2v) is 10.6. The molecule has 5 heterocycles. The highest BCUT2D eigenvalue weighted by Gasteiger charge is 2.51. The average molecular weight is 585 g/mol. The molecule has 0 radical (unpaired) electrons. The van der Waals surface area contributed by atoms with Crippen molar-refractivity contribution >= 4 is 35.9 Å². The van der Waals surface area contributed by atoms with Crippen LogP contribution < -0.4 is 10.6 Å². The predicted molar refractivity (Wildman–Crippen MR) is 153 cm³/mol. The van der Waals surface area contributed by atoms with E-state index in [1.807, 2.05) is 6.92 Å². The normalized spacial score (nSPS) is 22.9. The molecule has 4 atom stereocenters. The maximum atomic E-state index is 11.6. The van der Waals surface area contributed by atoms with Crippen LogP contribution in [0.2, 0.25) is 0 Å². The average Bonchev–Trinajstić information content (AvgIpc) is 3.74. The number of carbonyl (C=O) groups is 2. The van der Waals surface area contributed by atoms with Crippen LogP contribution in [0.25, 0.3) is 11.2 Å². The van der Waals surface area contributed by atoms with Gasteiger partial charge in [0, 0.05) is 31.6 Å². The van der Waals surface area contributed by atoms with Gasteiger partial charge in [0.05, 0.1) is 6.33 Å². The monoisotopic (exact) mass is 584 g/mol. The Morgan fingerprint density at radius 2 is 1.83 bits per heavy atom. The Morgan fingerprint density at radius 1 is 1.07 bits per heavy atom. The zero-order valence-corrected chi connectivity index (χ0v) is 24.4. The number of piperidine rings is 1. The summed E-state index contributed by atoms with van der Waals surface area (Å²) < 4.78 is 24.3. The fourth-order valence-corrected chi connectivity index (χ4v) is 5.63. The lowest BCUT2D eigenvalue weighted by Gasteiger charge is -2.26. The van der Waals surface area contributed by atoms with Crippen LogP contribution >= 0.6 is 0 Å². The first-order valence-electron chi connectivity index (χ1n) is 14.9. The molecular weight excluding hydrogens is 544 g/mol. The van der Waals surface area contributed by atoms with Gasteiger partial charge in [-0.05, 0) is 38.8 Å². The summed E-state index contributed by atoms with van der Waals surface area (Å²) in [5.41, 5.74) is 1.45. The number of ether oxygens (including phenoxy) is 3. The molecule has 42 heavy (non-hydrogen) atoms. The van der Waals surface area contributed by atoms with Crippen molar-refractivity contribution in [1.29, 1.82) is 0 Å². The highest BCUT2D eigenvalue weighted by molar-refractivity contribution is 5.84. The molecule has 14 heteroatoms. The number of aromatic nitrogens is 5. The van der Waals surface area contributed by atoms with Gasteiger partial charge in [-0.15, -0.1) is 0 Å². The van der Waals surface area contributed by atoms with E-state index in [1.165, 1.54) is 19.3 Å². The SMILES string of the molecule is CCc1cc([C@H]2O[C@@H](n3cnc4c(NC(CC)CC)nc(NCCN5CCCCC5)nc43)[C@H](OC=O)[C@H]2OC=O)no1. The summed E-state index contributed by atoms with van der Waals surface area (Å²) >= 11 is 0. The van der Waals surface area contributed by atoms with Crippen molar-refractivity contribution in [2.45, 2.75) is 89.9 Å². The smallest absolute Gasteiger partial charge is 0.293 e. The van der Waals surface area contributed by atoms with Gasteiger partial charge >= 0.3 is 0 Å². The third-order valence-corrected chi connectivity index (χ3v) is 8.01. The molecule has 0 saturated carbocycles. The molecule has 0 aromatic carbocycles. The fraction of sp³-hybridized carbons (Fsp3) is 0.643. The number of anilines is 2. The Kier molecular flexibility index (Phi) is 9.85. The minimum Gasteiger partial charge on any atom is -0.457 e. The van der Waals surface area contributed by atoms with Crippen LogP contribution in [-0.4, -0.2) is 86.9 Å². The molecule has 2 aliphatic rings. The lowest BCUT2D eigenvalue weighted by atomic mass is 10.1. The molecule has 2 N–H and O–H groups in total. The topological polar surface area (TPSA) is 159 Å².